The number of pyridine rings is 1. The number of alkyl halides is 3. The minimum Gasteiger partial charge on any atom is -0.430 e. The van der Waals surface area contributed by atoms with Gasteiger partial charge in [0.1, 0.15) is 5.75 Å². The second-order valence-corrected chi connectivity index (χ2v) is 2.42. The Morgan fingerprint density at radius 2 is 2.31 bits per heavy atom. The molecule has 5 heteroatoms. The summed E-state index contributed by atoms with van der Waals surface area (Å²) in [6.07, 6.45) is -0.115. The van der Waals surface area contributed by atoms with Crippen molar-refractivity contribution in [1.29, 1.82) is 0 Å². The van der Waals surface area contributed by atoms with Gasteiger partial charge in [-0.25, -0.2) is 4.39 Å². The molecule has 2 nitrogen and oxygen atoms in total. The SMILES string of the molecule is Cc1[c]nccc1OC(F)(F)CF. The minimum atomic E-state index is -3.78. The van der Waals surface area contributed by atoms with E-state index in [1.54, 1.807) is 0 Å². The standard InChI is InChI=1S/C8H7F3NO/c1-6-4-12-3-2-7(6)13-8(10,11)5-9/h2-3H,5H2,1H3. The minimum absolute atomic E-state index is 0.113. The highest BCUT2D eigenvalue weighted by Crippen LogP contribution is 2.23. The molecule has 0 atom stereocenters. The molecule has 0 saturated carbocycles. The van der Waals surface area contributed by atoms with Crippen LogP contribution in [0.1, 0.15) is 5.56 Å². The maximum Gasteiger partial charge on any atom is 0.427 e. The van der Waals surface area contributed by atoms with E-state index in [2.05, 4.69) is 15.9 Å². The zero-order valence-electron chi connectivity index (χ0n) is 6.85. The number of hydrogen-bond donors (Lipinski definition) is 0. The first-order chi connectivity index (χ1) is 6.05. The molecule has 0 aromatic carbocycles. The molecule has 0 aliphatic carbocycles. The van der Waals surface area contributed by atoms with Gasteiger partial charge in [0, 0.05) is 11.8 Å². The lowest BCUT2D eigenvalue weighted by atomic mass is 10.3. The van der Waals surface area contributed by atoms with Crippen LogP contribution in [0, 0.1) is 13.1 Å². The van der Waals surface area contributed by atoms with Gasteiger partial charge in [0.15, 0.2) is 6.67 Å². The average molecular weight is 190 g/mol. The van der Waals surface area contributed by atoms with Gasteiger partial charge in [-0.05, 0) is 13.0 Å². The Balaban J connectivity index is 2.80. The summed E-state index contributed by atoms with van der Waals surface area (Å²) in [4.78, 5) is 3.56. The lowest BCUT2D eigenvalue weighted by Gasteiger charge is -2.15. The van der Waals surface area contributed by atoms with Gasteiger partial charge in [-0.15, -0.1) is 0 Å². The maximum atomic E-state index is 12.4. The van der Waals surface area contributed by atoms with E-state index < -0.39 is 12.8 Å². The maximum absolute atomic E-state index is 12.4. The Labute approximate surface area is 73.4 Å². The second kappa shape index (κ2) is 3.64. The number of halogens is 3. The van der Waals surface area contributed by atoms with Crippen molar-refractivity contribution in [3.8, 4) is 5.75 Å². The van der Waals surface area contributed by atoms with Crippen molar-refractivity contribution in [2.45, 2.75) is 13.0 Å². The summed E-state index contributed by atoms with van der Waals surface area (Å²) < 4.78 is 40.6. The van der Waals surface area contributed by atoms with E-state index in [0.29, 0.717) is 5.56 Å². The third-order valence-corrected chi connectivity index (χ3v) is 1.32. The molecule has 0 bridgehead atoms. The fourth-order valence-corrected chi connectivity index (χ4v) is 0.718. The number of aromatic nitrogens is 1. The van der Waals surface area contributed by atoms with E-state index in [1.807, 2.05) is 0 Å². The predicted octanol–water partition coefficient (Wildman–Crippen LogP) is 2.13. The number of hydrogen-bond acceptors (Lipinski definition) is 2. The van der Waals surface area contributed by atoms with Gasteiger partial charge in [0.05, 0.1) is 6.20 Å². The molecular formula is C8H7F3NO. The summed E-state index contributed by atoms with van der Waals surface area (Å²) in [5.41, 5.74) is 0.315. The number of rotatable bonds is 3. The Morgan fingerprint density at radius 1 is 1.62 bits per heavy atom. The van der Waals surface area contributed by atoms with Crippen molar-refractivity contribution < 1.29 is 17.9 Å². The fraction of sp³-hybridized carbons (Fsp3) is 0.375. The second-order valence-electron chi connectivity index (χ2n) is 2.42. The molecule has 1 heterocycles. The van der Waals surface area contributed by atoms with Gasteiger partial charge in [0.2, 0.25) is 0 Å². The number of nitrogens with zero attached hydrogens (tertiary/aromatic N) is 1. The third-order valence-electron chi connectivity index (χ3n) is 1.32. The lowest BCUT2D eigenvalue weighted by molar-refractivity contribution is -0.186. The molecule has 0 aliphatic heterocycles. The Morgan fingerprint density at radius 3 is 2.85 bits per heavy atom. The number of ether oxygens (including phenoxy) is 1. The van der Waals surface area contributed by atoms with E-state index in [-0.39, 0.29) is 5.75 Å². The molecule has 1 radical (unpaired) electrons. The summed E-state index contributed by atoms with van der Waals surface area (Å²) >= 11 is 0. The lowest BCUT2D eigenvalue weighted by Crippen LogP contribution is -2.27. The van der Waals surface area contributed by atoms with E-state index in [9.17, 15) is 13.2 Å². The van der Waals surface area contributed by atoms with Crippen LogP contribution in [0.25, 0.3) is 0 Å². The molecule has 1 aromatic heterocycles. The van der Waals surface area contributed by atoms with Crippen LogP contribution in [0.3, 0.4) is 0 Å². The fourth-order valence-electron chi connectivity index (χ4n) is 0.718. The molecule has 0 fully saturated rings. The summed E-state index contributed by atoms with van der Waals surface area (Å²) in [5, 5.41) is 0. The topological polar surface area (TPSA) is 22.1 Å². The van der Waals surface area contributed by atoms with Crippen molar-refractivity contribution in [2.75, 3.05) is 6.67 Å². The van der Waals surface area contributed by atoms with Crippen LogP contribution in [-0.2, 0) is 0 Å². The van der Waals surface area contributed by atoms with Gasteiger partial charge in [0.25, 0.3) is 0 Å². The molecular weight excluding hydrogens is 183 g/mol. The normalized spacial score (nSPS) is 11.4. The third kappa shape index (κ3) is 2.61. The predicted molar refractivity (Wildman–Crippen MR) is 39.4 cm³/mol. The quantitative estimate of drug-likeness (QED) is 0.728. The highest BCUT2D eigenvalue weighted by atomic mass is 19.3. The van der Waals surface area contributed by atoms with Crippen LogP contribution in [0.4, 0.5) is 13.2 Å². The molecule has 1 aromatic rings. The molecule has 0 amide bonds. The molecule has 0 aliphatic rings. The van der Waals surface area contributed by atoms with Crippen LogP contribution < -0.4 is 4.74 Å². The Hall–Kier alpha value is -1.26. The van der Waals surface area contributed by atoms with Gasteiger partial charge >= 0.3 is 6.11 Å². The molecule has 0 saturated heterocycles. The van der Waals surface area contributed by atoms with Crippen molar-refractivity contribution in [2.24, 2.45) is 0 Å². The van der Waals surface area contributed by atoms with E-state index >= 15 is 0 Å². The highest BCUT2D eigenvalue weighted by molar-refractivity contribution is 5.27. The molecule has 13 heavy (non-hydrogen) atoms. The molecule has 71 valence electrons. The summed E-state index contributed by atoms with van der Waals surface area (Å²) in [7, 11) is 0. The molecule has 0 spiro atoms. The number of aryl methyl sites for hydroxylation is 1. The average Bonchev–Trinajstić information content (AvgIpc) is 2.09. The Bertz CT molecular complexity index is 290. The van der Waals surface area contributed by atoms with Gasteiger partial charge in [-0.3, -0.25) is 4.98 Å². The highest BCUT2D eigenvalue weighted by Gasteiger charge is 2.32. The van der Waals surface area contributed by atoms with E-state index in [4.69, 9.17) is 0 Å². The van der Waals surface area contributed by atoms with Crippen molar-refractivity contribution in [3.05, 3.63) is 24.0 Å². The van der Waals surface area contributed by atoms with E-state index in [0.717, 1.165) is 0 Å². The van der Waals surface area contributed by atoms with Gasteiger partial charge in [-0.1, -0.05) is 0 Å². The van der Waals surface area contributed by atoms with Gasteiger partial charge in [-0.2, -0.15) is 8.78 Å². The van der Waals surface area contributed by atoms with Crippen molar-refractivity contribution >= 4 is 0 Å². The van der Waals surface area contributed by atoms with Crippen LogP contribution in [-0.4, -0.2) is 17.8 Å². The summed E-state index contributed by atoms with van der Waals surface area (Å²) in [6, 6.07) is 1.23. The first-order valence-corrected chi connectivity index (χ1v) is 3.51. The van der Waals surface area contributed by atoms with Crippen molar-refractivity contribution in [1.82, 2.24) is 4.98 Å². The molecule has 1 rings (SSSR count). The van der Waals surface area contributed by atoms with E-state index in [1.165, 1.54) is 19.2 Å². The van der Waals surface area contributed by atoms with Crippen molar-refractivity contribution in [3.63, 3.8) is 0 Å². The van der Waals surface area contributed by atoms with Crippen LogP contribution in [0.15, 0.2) is 12.3 Å². The smallest absolute Gasteiger partial charge is 0.427 e. The Kier molecular flexibility index (Phi) is 2.75. The zero-order chi connectivity index (χ0) is 9.90. The zero-order valence-corrected chi connectivity index (χ0v) is 6.85. The summed E-state index contributed by atoms with van der Waals surface area (Å²) in [5.74, 6) is -0.113. The van der Waals surface area contributed by atoms with Gasteiger partial charge < -0.3 is 4.74 Å². The first-order valence-electron chi connectivity index (χ1n) is 3.51. The van der Waals surface area contributed by atoms with Crippen LogP contribution >= 0.6 is 0 Å². The first kappa shape index (κ1) is 9.83. The summed E-state index contributed by atoms with van der Waals surface area (Å²) in [6.45, 7) is -0.356. The largest absolute Gasteiger partial charge is 0.430 e. The molecule has 0 N–H and O–H groups in total. The van der Waals surface area contributed by atoms with Crippen LogP contribution in [0.5, 0.6) is 5.75 Å². The molecule has 0 unspecified atom stereocenters. The monoisotopic (exact) mass is 190 g/mol. The van der Waals surface area contributed by atoms with Crippen LogP contribution in [0.2, 0.25) is 0 Å².